The fraction of sp³-hybridized carbons (Fsp3) is 0.593. The summed E-state index contributed by atoms with van der Waals surface area (Å²) in [7, 11) is 1.10. The van der Waals surface area contributed by atoms with E-state index in [2.05, 4.69) is 11.7 Å². The van der Waals surface area contributed by atoms with E-state index in [0.717, 1.165) is 32.3 Å². The van der Waals surface area contributed by atoms with Crippen molar-refractivity contribution in [2.75, 3.05) is 7.11 Å². The van der Waals surface area contributed by atoms with Gasteiger partial charge in [-0.25, -0.2) is 18.0 Å². The molecule has 2 aliphatic carbocycles. The fourth-order valence-electron chi connectivity index (χ4n) is 6.19. The number of hydrogen-bond donors (Lipinski definition) is 0. The number of hydrogen-bond acceptors (Lipinski definition) is 2. The SMILES string of the molecule is CCCCCC1CCC2CC(c3ccc4cc(C(=O)OC)c(F)c(F)c4c3F)CCC2C1. The minimum absolute atomic E-state index is 0.0278. The molecule has 5 heteroatoms. The predicted octanol–water partition coefficient (Wildman–Crippen LogP) is 7.92. The first-order chi connectivity index (χ1) is 15.4. The Balaban J connectivity index is 1.53. The fourth-order valence-corrected chi connectivity index (χ4v) is 6.19. The van der Waals surface area contributed by atoms with Gasteiger partial charge in [-0.1, -0.05) is 51.2 Å². The quantitative estimate of drug-likeness (QED) is 0.333. The van der Waals surface area contributed by atoms with Gasteiger partial charge in [0.1, 0.15) is 5.82 Å². The van der Waals surface area contributed by atoms with Gasteiger partial charge in [0.25, 0.3) is 0 Å². The topological polar surface area (TPSA) is 26.3 Å². The lowest BCUT2D eigenvalue weighted by Gasteiger charge is -2.42. The molecule has 0 radical (unpaired) electrons. The van der Waals surface area contributed by atoms with Crippen LogP contribution in [-0.2, 0) is 4.74 Å². The first kappa shape index (κ1) is 23.1. The van der Waals surface area contributed by atoms with Crippen LogP contribution in [0.1, 0.15) is 93.0 Å². The van der Waals surface area contributed by atoms with Gasteiger partial charge in [0.15, 0.2) is 11.6 Å². The molecule has 174 valence electrons. The van der Waals surface area contributed by atoms with E-state index in [1.54, 1.807) is 12.1 Å². The molecule has 0 saturated heterocycles. The second-order valence-corrected chi connectivity index (χ2v) is 9.82. The van der Waals surface area contributed by atoms with Gasteiger partial charge in [-0.2, -0.15) is 0 Å². The van der Waals surface area contributed by atoms with Crippen LogP contribution in [-0.4, -0.2) is 13.1 Å². The van der Waals surface area contributed by atoms with Crippen LogP contribution in [0.3, 0.4) is 0 Å². The smallest absolute Gasteiger partial charge is 0.340 e. The van der Waals surface area contributed by atoms with Crippen LogP contribution in [0, 0.1) is 35.2 Å². The van der Waals surface area contributed by atoms with E-state index in [1.165, 1.54) is 51.0 Å². The number of rotatable bonds is 6. The van der Waals surface area contributed by atoms with Crippen molar-refractivity contribution in [3.63, 3.8) is 0 Å². The molecule has 2 aliphatic rings. The van der Waals surface area contributed by atoms with Crippen molar-refractivity contribution in [1.82, 2.24) is 0 Å². The molecular formula is C27H33F3O2. The van der Waals surface area contributed by atoms with Crippen LogP contribution in [0.25, 0.3) is 10.8 Å². The maximum Gasteiger partial charge on any atom is 0.340 e. The Labute approximate surface area is 188 Å². The number of esters is 1. The van der Waals surface area contributed by atoms with Crippen LogP contribution < -0.4 is 0 Å². The van der Waals surface area contributed by atoms with E-state index in [4.69, 9.17) is 0 Å². The van der Waals surface area contributed by atoms with Gasteiger partial charge < -0.3 is 4.74 Å². The minimum atomic E-state index is -1.36. The summed E-state index contributed by atoms with van der Waals surface area (Å²) in [4.78, 5) is 11.7. The Hall–Kier alpha value is -2.04. The Morgan fingerprint density at radius 2 is 1.72 bits per heavy atom. The van der Waals surface area contributed by atoms with Crippen molar-refractivity contribution in [1.29, 1.82) is 0 Å². The lowest BCUT2D eigenvalue weighted by molar-refractivity contribution is 0.0594. The van der Waals surface area contributed by atoms with Crippen molar-refractivity contribution in [2.45, 2.75) is 77.0 Å². The van der Waals surface area contributed by atoms with Crippen molar-refractivity contribution in [3.8, 4) is 0 Å². The van der Waals surface area contributed by atoms with Crippen molar-refractivity contribution in [3.05, 3.63) is 46.8 Å². The number of halogens is 3. The van der Waals surface area contributed by atoms with E-state index < -0.39 is 29.0 Å². The van der Waals surface area contributed by atoms with Crippen molar-refractivity contribution < 1.29 is 22.7 Å². The summed E-state index contributed by atoms with van der Waals surface area (Å²) < 4.78 is 49.2. The van der Waals surface area contributed by atoms with Crippen LogP contribution in [0.5, 0.6) is 0 Å². The zero-order chi connectivity index (χ0) is 22.8. The molecule has 2 nitrogen and oxygen atoms in total. The first-order valence-electron chi connectivity index (χ1n) is 12.1. The summed E-state index contributed by atoms with van der Waals surface area (Å²) in [6.45, 7) is 2.24. The monoisotopic (exact) mass is 446 g/mol. The average Bonchev–Trinajstić information content (AvgIpc) is 2.80. The predicted molar refractivity (Wildman–Crippen MR) is 120 cm³/mol. The van der Waals surface area contributed by atoms with E-state index in [9.17, 15) is 13.6 Å². The van der Waals surface area contributed by atoms with Gasteiger partial charge in [-0.15, -0.1) is 0 Å². The van der Waals surface area contributed by atoms with Crippen molar-refractivity contribution in [2.24, 2.45) is 17.8 Å². The molecule has 0 N–H and O–H groups in total. The number of carbonyl (C=O) groups excluding carboxylic acids is 1. The highest BCUT2D eigenvalue weighted by molar-refractivity contribution is 5.96. The van der Waals surface area contributed by atoms with Crippen LogP contribution in [0.2, 0.25) is 0 Å². The Kier molecular flexibility index (Phi) is 7.11. The Bertz CT molecular complexity index is 987. The van der Waals surface area contributed by atoms with Gasteiger partial charge in [0.05, 0.1) is 18.1 Å². The largest absolute Gasteiger partial charge is 0.465 e. The highest BCUT2D eigenvalue weighted by Crippen LogP contribution is 2.49. The molecule has 0 aromatic heterocycles. The van der Waals surface area contributed by atoms with E-state index in [1.807, 2.05) is 0 Å². The molecular weight excluding hydrogens is 413 g/mol. The normalized spacial score (nSPS) is 25.5. The lowest BCUT2D eigenvalue weighted by Crippen LogP contribution is -2.30. The molecule has 2 saturated carbocycles. The zero-order valence-corrected chi connectivity index (χ0v) is 19.1. The summed E-state index contributed by atoms with van der Waals surface area (Å²) in [6, 6.07) is 4.46. The number of methoxy groups -OCH3 is 1. The molecule has 0 amide bonds. The number of fused-ring (bicyclic) bond motifs is 2. The Morgan fingerprint density at radius 1 is 0.969 bits per heavy atom. The number of benzene rings is 2. The summed E-state index contributed by atoms with van der Waals surface area (Å²) in [5.74, 6) is -2.17. The van der Waals surface area contributed by atoms with E-state index >= 15 is 4.39 Å². The molecule has 0 spiro atoms. The third-order valence-corrected chi connectivity index (χ3v) is 7.94. The summed E-state index contributed by atoms with van der Waals surface area (Å²) in [6.07, 6.45) is 11.8. The molecule has 4 unspecified atom stereocenters. The van der Waals surface area contributed by atoms with E-state index in [0.29, 0.717) is 17.4 Å². The third-order valence-electron chi connectivity index (χ3n) is 7.94. The first-order valence-corrected chi connectivity index (χ1v) is 12.1. The summed E-state index contributed by atoms with van der Waals surface area (Å²) in [5.41, 5.74) is -0.0361. The molecule has 4 rings (SSSR count). The highest BCUT2D eigenvalue weighted by atomic mass is 19.2. The molecule has 0 heterocycles. The second-order valence-electron chi connectivity index (χ2n) is 9.82. The highest BCUT2D eigenvalue weighted by Gasteiger charge is 2.37. The molecule has 32 heavy (non-hydrogen) atoms. The van der Waals surface area contributed by atoms with Gasteiger partial charge in [0.2, 0.25) is 0 Å². The zero-order valence-electron chi connectivity index (χ0n) is 19.1. The molecule has 2 aromatic carbocycles. The molecule has 0 aliphatic heterocycles. The van der Waals surface area contributed by atoms with Gasteiger partial charge in [-0.05, 0) is 72.8 Å². The molecule has 2 fully saturated rings. The maximum atomic E-state index is 15.4. The summed E-state index contributed by atoms with van der Waals surface area (Å²) >= 11 is 0. The third kappa shape index (κ3) is 4.40. The standard InChI is InChI=1S/C27H33F3O2/c1-3-4-5-6-16-7-8-18-14-19(10-9-17(18)13-16)21-12-11-20-15-22(27(31)32-2)25(29)26(30)23(20)24(21)28/h11-12,15-19H,3-10,13-14H2,1-2H3. The van der Waals surface area contributed by atoms with Crippen LogP contribution in [0.4, 0.5) is 13.2 Å². The van der Waals surface area contributed by atoms with Gasteiger partial charge in [-0.3, -0.25) is 0 Å². The molecule has 0 bridgehead atoms. The maximum absolute atomic E-state index is 15.4. The average molecular weight is 447 g/mol. The van der Waals surface area contributed by atoms with Gasteiger partial charge >= 0.3 is 5.97 Å². The van der Waals surface area contributed by atoms with Crippen LogP contribution >= 0.6 is 0 Å². The Morgan fingerprint density at radius 3 is 2.47 bits per heavy atom. The number of carbonyl (C=O) groups is 1. The van der Waals surface area contributed by atoms with Gasteiger partial charge in [0, 0.05) is 0 Å². The van der Waals surface area contributed by atoms with E-state index in [-0.39, 0.29) is 16.7 Å². The minimum Gasteiger partial charge on any atom is -0.465 e. The second kappa shape index (κ2) is 9.84. The summed E-state index contributed by atoms with van der Waals surface area (Å²) in [5, 5.41) is -0.193. The lowest BCUT2D eigenvalue weighted by atomic mass is 9.63. The van der Waals surface area contributed by atoms with Crippen LogP contribution in [0.15, 0.2) is 18.2 Å². The van der Waals surface area contributed by atoms with Crippen molar-refractivity contribution >= 4 is 16.7 Å². The molecule has 2 aromatic rings. The number of ether oxygens (including phenoxy) is 1. The number of unbranched alkanes of at least 4 members (excludes halogenated alkanes) is 2. The molecule has 4 atom stereocenters.